The van der Waals surface area contributed by atoms with Gasteiger partial charge in [0.25, 0.3) is 11.1 Å². The molecule has 0 saturated carbocycles. The molecule has 9 heteroatoms. The van der Waals surface area contributed by atoms with Crippen molar-refractivity contribution in [2.24, 2.45) is 0 Å². The zero-order valence-corrected chi connectivity index (χ0v) is 15.4. The van der Waals surface area contributed by atoms with Crippen LogP contribution >= 0.6 is 23.4 Å². The molecule has 2 aliphatic rings. The zero-order chi connectivity index (χ0) is 19.0. The summed E-state index contributed by atoms with van der Waals surface area (Å²) >= 11 is 7.10. The quantitative estimate of drug-likeness (QED) is 0.839. The van der Waals surface area contributed by atoms with Crippen LogP contribution in [0.2, 0.25) is 5.02 Å². The highest BCUT2D eigenvalue weighted by Crippen LogP contribution is 2.39. The smallest absolute Gasteiger partial charge is 0.289 e. The average molecular weight is 405 g/mol. The molecule has 3 amide bonds. The fourth-order valence-corrected chi connectivity index (χ4v) is 3.70. The zero-order valence-electron chi connectivity index (χ0n) is 13.9. The molecule has 0 atom stereocenters. The first-order valence-corrected chi connectivity index (χ1v) is 9.34. The molecule has 2 heterocycles. The third-order valence-electron chi connectivity index (χ3n) is 4.08. The number of nitrogens with one attached hydrogen (secondary N) is 1. The van der Waals surface area contributed by atoms with Gasteiger partial charge >= 0.3 is 0 Å². The molecule has 0 spiro atoms. The summed E-state index contributed by atoms with van der Waals surface area (Å²) < 4.78 is 10.5. The average Bonchev–Trinajstić information content (AvgIpc) is 3.25. The van der Waals surface area contributed by atoms with Crippen molar-refractivity contribution in [3.8, 4) is 11.5 Å². The van der Waals surface area contributed by atoms with Gasteiger partial charge < -0.3 is 14.8 Å². The van der Waals surface area contributed by atoms with E-state index >= 15 is 0 Å². The van der Waals surface area contributed by atoms with Crippen molar-refractivity contribution in [2.75, 3.05) is 17.9 Å². The van der Waals surface area contributed by atoms with E-state index in [0.29, 0.717) is 27.8 Å². The van der Waals surface area contributed by atoms with Gasteiger partial charge in [0.1, 0.15) is 0 Å². The molecular weight excluding hydrogens is 392 g/mol. The maximum absolute atomic E-state index is 12.4. The summed E-state index contributed by atoms with van der Waals surface area (Å²) in [6.45, 7) is 0.290. The lowest BCUT2D eigenvalue weighted by Crippen LogP contribution is -2.27. The summed E-state index contributed by atoms with van der Waals surface area (Å²) in [6.07, 6.45) is 0. The lowest BCUT2D eigenvalue weighted by Gasteiger charge is -2.13. The van der Waals surface area contributed by atoms with Gasteiger partial charge in [-0.15, -0.1) is 0 Å². The number of fused-ring (bicyclic) bond motifs is 1. The highest BCUT2D eigenvalue weighted by molar-refractivity contribution is 8.14. The Labute approximate surface area is 163 Å². The van der Waals surface area contributed by atoms with E-state index in [4.69, 9.17) is 21.1 Å². The van der Waals surface area contributed by atoms with Crippen LogP contribution in [-0.2, 0) is 11.3 Å². The summed E-state index contributed by atoms with van der Waals surface area (Å²) in [5, 5.41) is 2.84. The Kier molecular flexibility index (Phi) is 4.67. The molecule has 0 bridgehead atoms. The van der Waals surface area contributed by atoms with Gasteiger partial charge in [0.05, 0.1) is 17.3 Å². The van der Waals surface area contributed by atoms with E-state index in [1.54, 1.807) is 30.3 Å². The number of carbonyl (C=O) groups is 3. The fraction of sp³-hybridized carbons (Fsp3) is 0.167. The van der Waals surface area contributed by atoms with Crippen LogP contribution < -0.4 is 14.8 Å². The molecule has 2 aromatic rings. The standard InChI is InChI=1S/C18H13ClN2O5S/c19-13-5-11(6-14-16(13)26-9-25-14)17(23)20-12-3-1-10(2-4-12)7-21-15(22)8-27-18(21)24/h1-6H,7-9H2,(H,20,23). The number of anilines is 1. The lowest BCUT2D eigenvalue weighted by atomic mass is 10.1. The number of halogens is 1. The molecular formula is C18H13ClN2O5S. The van der Waals surface area contributed by atoms with E-state index in [9.17, 15) is 14.4 Å². The van der Waals surface area contributed by atoms with E-state index in [1.165, 1.54) is 11.0 Å². The molecule has 0 aliphatic carbocycles. The van der Waals surface area contributed by atoms with Gasteiger partial charge in [0.2, 0.25) is 12.7 Å². The van der Waals surface area contributed by atoms with E-state index in [0.717, 1.165) is 17.3 Å². The summed E-state index contributed by atoms with van der Waals surface area (Å²) in [5.74, 6) is 0.513. The molecule has 0 aromatic heterocycles. The Morgan fingerprint density at radius 1 is 1.19 bits per heavy atom. The summed E-state index contributed by atoms with van der Waals surface area (Å²) in [4.78, 5) is 37.0. The Bertz CT molecular complexity index is 932. The number of ether oxygens (including phenoxy) is 2. The molecule has 0 radical (unpaired) electrons. The number of rotatable bonds is 4. The number of hydrogen-bond donors (Lipinski definition) is 1. The van der Waals surface area contributed by atoms with Gasteiger partial charge in [0, 0.05) is 11.3 Å². The number of carbonyl (C=O) groups excluding carboxylic acids is 3. The Morgan fingerprint density at radius 3 is 2.67 bits per heavy atom. The van der Waals surface area contributed by atoms with Crippen molar-refractivity contribution in [3.63, 3.8) is 0 Å². The first-order valence-electron chi connectivity index (χ1n) is 7.98. The number of thioether (sulfide) groups is 1. The molecule has 4 rings (SSSR count). The predicted octanol–water partition coefficient (Wildman–Crippen LogP) is 3.52. The van der Waals surface area contributed by atoms with Crippen molar-refractivity contribution in [3.05, 3.63) is 52.5 Å². The van der Waals surface area contributed by atoms with Gasteiger partial charge in [-0.3, -0.25) is 19.3 Å². The van der Waals surface area contributed by atoms with Crippen molar-refractivity contribution in [1.82, 2.24) is 4.90 Å². The maximum Gasteiger partial charge on any atom is 0.289 e. The normalized spacial score (nSPS) is 15.4. The number of amides is 3. The number of benzene rings is 2. The molecule has 1 N–H and O–H groups in total. The van der Waals surface area contributed by atoms with Gasteiger partial charge in [-0.25, -0.2) is 0 Å². The minimum Gasteiger partial charge on any atom is -0.454 e. The molecule has 1 saturated heterocycles. The topological polar surface area (TPSA) is 84.9 Å². The second-order valence-electron chi connectivity index (χ2n) is 5.88. The minimum atomic E-state index is -0.343. The number of hydrogen-bond acceptors (Lipinski definition) is 6. The number of nitrogens with zero attached hydrogens (tertiary/aromatic N) is 1. The van der Waals surface area contributed by atoms with Gasteiger partial charge in [-0.05, 0) is 29.8 Å². The highest BCUT2D eigenvalue weighted by atomic mass is 35.5. The fourth-order valence-electron chi connectivity index (χ4n) is 2.71. The first kappa shape index (κ1) is 17.7. The predicted molar refractivity (Wildman–Crippen MR) is 100 cm³/mol. The van der Waals surface area contributed by atoms with Crippen LogP contribution in [0.3, 0.4) is 0 Å². The van der Waals surface area contributed by atoms with E-state index < -0.39 is 0 Å². The molecule has 7 nitrogen and oxygen atoms in total. The third kappa shape index (κ3) is 3.58. The largest absolute Gasteiger partial charge is 0.454 e. The van der Waals surface area contributed by atoms with Crippen LogP contribution in [0.1, 0.15) is 15.9 Å². The van der Waals surface area contributed by atoms with Crippen LogP contribution in [0, 0.1) is 0 Å². The van der Waals surface area contributed by atoms with Gasteiger partial charge in [-0.1, -0.05) is 35.5 Å². The molecule has 2 aromatic carbocycles. The SMILES string of the molecule is O=C(Nc1ccc(CN2C(=O)CSC2=O)cc1)c1cc(Cl)c2c(c1)OCO2. The second kappa shape index (κ2) is 7.13. The molecule has 27 heavy (non-hydrogen) atoms. The number of imide groups is 1. The summed E-state index contributed by atoms with van der Waals surface area (Å²) in [7, 11) is 0. The van der Waals surface area contributed by atoms with Crippen molar-refractivity contribution >= 4 is 46.1 Å². The van der Waals surface area contributed by atoms with Crippen LogP contribution in [0.4, 0.5) is 10.5 Å². The highest BCUT2D eigenvalue weighted by Gasteiger charge is 2.29. The van der Waals surface area contributed by atoms with Crippen molar-refractivity contribution in [2.45, 2.75) is 6.54 Å². The summed E-state index contributed by atoms with van der Waals surface area (Å²) in [5.41, 5.74) is 1.72. The van der Waals surface area contributed by atoms with Crippen LogP contribution in [0.15, 0.2) is 36.4 Å². The van der Waals surface area contributed by atoms with E-state index in [2.05, 4.69) is 5.32 Å². The minimum absolute atomic E-state index is 0.0715. The molecule has 0 unspecified atom stereocenters. The Hall–Kier alpha value is -2.71. The molecule has 2 aliphatic heterocycles. The lowest BCUT2D eigenvalue weighted by molar-refractivity contribution is -0.125. The third-order valence-corrected chi connectivity index (χ3v) is 5.22. The van der Waals surface area contributed by atoms with Crippen LogP contribution in [-0.4, -0.2) is 34.5 Å². The van der Waals surface area contributed by atoms with Crippen molar-refractivity contribution in [1.29, 1.82) is 0 Å². The van der Waals surface area contributed by atoms with Gasteiger partial charge in [0.15, 0.2) is 11.5 Å². The van der Waals surface area contributed by atoms with Crippen LogP contribution in [0.25, 0.3) is 0 Å². The Morgan fingerprint density at radius 2 is 1.96 bits per heavy atom. The molecule has 138 valence electrons. The van der Waals surface area contributed by atoms with E-state index in [-0.39, 0.29) is 36.1 Å². The van der Waals surface area contributed by atoms with Crippen molar-refractivity contribution < 1.29 is 23.9 Å². The summed E-state index contributed by atoms with van der Waals surface area (Å²) in [6, 6.07) is 10.0. The maximum atomic E-state index is 12.4. The monoisotopic (exact) mass is 404 g/mol. The van der Waals surface area contributed by atoms with E-state index in [1.807, 2.05) is 0 Å². The van der Waals surface area contributed by atoms with Crippen LogP contribution in [0.5, 0.6) is 11.5 Å². The first-order chi connectivity index (χ1) is 13.0. The van der Waals surface area contributed by atoms with Gasteiger partial charge in [-0.2, -0.15) is 0 Å². The second-order valence-corrected chi connectivity index (χ2v) is 7.21. The molecule has 1 fully saturated rings. The Balaban J connectivity index is 1.44.